The predicted molar refractivity (Wildman–Crippen MR) is 110 cm³/mol. The maximum absolute atomic E-state index is 13.3. The number of anilines is 1. The van der Waals surface area contributed by atoms with Crippen LogP contribution in [0.25, 0.3) is 16.5 Å². The van der Waals surface area contributed by atoms with Gasteiger partial charge >= 0.3 is 0 Å². The van der Waals surface area contributed by atoms with Crippen LogP contribution in [0.15, 0.2) is 89.5 Å². The van der Waals surface area contributed by atoms with Crippen LogP contribution in [0.4, 0.5) is 5.69 Å². The fourth-order valence-electron chi connectivity index (χ4n) is 2.43. The van der Waals surface area contributed by atoms with Gasteiger partial charge in [0.2, 0.25) is 0 Å². The lowest BCUT2D eigenvalue weighted by molar-refractivity contribution is 0.592. The van der Waals surface area contributed by atoms with Gasteiger partial charge in [-0.1, -0.05) is 72.4 Å². The Labute approximate surface area is 159 Å². The zero-order valence-electron chi connectivity index (χ0n) is 15.0. The Morgan fingerprint density at radius 1 is 1.22 bits per heavy atom. The number of hydrogen-bond donors (Lipinski definition) is 0. The molecule has 7 heteroatoms. The van der Waals surface area contributed by atoms with Crippen molar-refractivity contribution in [2.24, 2.45) is 5.11 Å². The lowest BCUT2D eigenvalue weighted by Gasteiger charge is -2.26. The lowest BCUT2D eigenvalue weighted by Crippen LogP contribution is -2.33. The minimum absolute atomic E-state index is 0.0932. The largest absolute Gasteiger partial charge is 0.264 e. The van der Waals surface area contributed by atoms with Gasteiger partial charge in [-0.2, -0.15) is 0 Å². The first-order chi connectivity index (χ1) is 12.9. The molecule has 0 aliphatic carbocycles. The summed E-state index contributed by atoms with van der Waals surface area (Å²) in [6, 6.07) is 13.6. The van der Waals surface area contributed by atoms with Gasteiger partial charge in [0.15, 0.2) is 0 Å². The molecule has 2 rings (SSSR count). The van der Waals surface area contributed by atoms with Gasteiger partial charge in [0, 0.05) is 10.6 Å². The molecule has 0 aliphatic heterocycles. The SMILES string of the molecule is C=C/C=C/c1ccccc1N(CC(=C)N=[N+]=[N-])S(=O)(=O)c1ccc(C)cc1. The Balaban J connectivity index is 2.63. The van der Waals surface area contributed by atoms with Crippen molar-refractivity contribution in [3.05, 3.63) is 101 Å². The van der Waals surface area contributed by atoms with Gasteiger partial charge in [-0.3, -0.25) is 4.31 Å². The molecule has 0 N–H and O–H groups in total. The van der Waals surface area contributed by atoms with Crippen molar-refractivity contribution in [2.45, 2.75) is 11.8 Å². The first-order valence-corrected chi connectivity index (χ1v) is 9.54. The second-order valence-corrected chi connectivity index (χ2v) is 7.60. The van der Waals surface area contributed by atoms with Gasteiger partial charge in [0.25, 0.3) is 10.0 Å². The Kier molecular flexibility index (Phi) is 6.60. The van der Waals surface area contributed by atoms with Crippen LogP contribution < -0.4 is 4.31 Å². The molecule has 0 heterocycles. The Hall–Kier alpha value is -3.28. The van der Waals surface area contributed by atoms with Crippen LogP contribution in [0.1, 0.15) is 11.1 Å². The van der Waals surface area contributed by atoms with Gasteiger partial charge in [-0.05, 0) is 36.2 Å². The minimum Gasteiger partial charge on any atom is -0.261 e. The molecule has 2 aromatic carbocycles. The van der Waals surface area contributed by atoms with E-state index in [1.165, 1.54) is 4.31 Å². The van der Waals surface area contributed by atoms with Crippen LogP contribution in [0.3, 0.4) is 0 Å². The van der Waals surface area contributed by atoms with E-state index in [2.05, 4.69) is 23.2 Å². The van der Waals surface area contributed by atoms with Crippen molar-refractivity contribution in [3.8, 4) is 0 Å². The third kappa shape index (κ3) is 4.88. The number of rotatable bonds is 8. The highest BCUT2D eigenvalue weighted by atomic mass is 32.2. The summed E-state index contributed by atoms with van der Waals surface area (Å²) in [5, 5.41) is 3.45. The van der Waals surface area contributed by atoms with Crippen LogP contribution in [0.5, 0.6) is 0 Å². The van der Waals surface area contributed by atoms with E-state index in [0.29, 0.717) is 11.3 Å². The third-order valence-corrected chi connectivity index (χ3v) is 5.51. The topological polar surface area (TPSA) is 86.1 Å². The molecule has 6 nitrogen and oxygen atoms in total. The van der Waals surface area contributed by atoms with Gasteiger partial charge in [0.05, 0.1) is 17.1 Å². The summed E-state index contributed by atoms with van der Waals surface area (Å²) in [5.41, 5.74) is 10.8. The van der Waals surface area contributed by atoms with E-state index in [9.17, 15) is 8.42 Å². The average Bonchev–Trinajstić information content (AvgIpc) is 2.65. The molecule has 0 spiro atoms. The summed E-state index contributed by atoms with van der Waals surface area (Å²) in [4.78, 5) is 2.84. The molecule has 0 saturated carbocycles. The number of allylic oxidation sites excluding steroid dienone is 2. The molecule has 0 amide bonds. The predicted octanol–water partition coefficient (Wildman–Crippen LogP) is 5.21. The van der Waals surface area contributed by atoms with Crippen LogP contribution >= 0.6 is 0 Å². The molecule has 0 aromatic heterocycles. The maximum atomic E-state index is 13.3. The minimum atomic E-state index is -3.90. The summed E-state index contributed by atoms with van der Waals surface area (Å²) in [7, 11) is -3.90. The average molecular weight is 380 g/mol. The second kappa shape index (κ2) is 8.89. The fourth-order valence-corrected chi connectivity index (χ4v) is 3.90. The van der Waals surface area contributed by atoms with Gasteiger partial charge in [0.1, 0.15) is 0 Å². The molecule has 0 bridgehead atoms. The lowest BCUT2D eigenvalue weighted by atomic mass is 10.1. The number of sulfonamides is 1. The van der Waals surface area contributed by atoms with E-state index in [4.69, 9.17) is 5.53 Å². The van der Waals surface area contributed by atoms with Crippen LogP contribution in [0.2, 0.25) is 0 Å². The van der Waals surface area contributed by atoms with Crippen molar-refractivity contribution in [3.63, 3.8) is 0 Å². The molecule has 2 aromatic rings. The van der Waals surface area contributed by atoms with Crippen LogP contribution in [0, 0.1) is 6.92 Å². The number of para-hydroxylation sites is 1. The molecule has 0 fully saturated rings. The highest BCUT2D eigenvalue weighted by molar-refractivity contribution is 7.92. The van der Waals surface area contributed by atoms with Crippen molar-refractivity contribution in [1.29, 1.82) is 0 Å². The zero-order chi connectivity index (χ0) is 19.9. The quantitative estimate of drug-likeness (QED) is 0.272. The zero-order valence-corrected chi connectivity index (χ0v) is 15.8. The van der Waals surface area contributed by atoms with E-state index < -0.39 is 10.0 Å². The fraction of sp³-hybridized carbons (Fsp3) is 0.100. The molecular weight excluding hydrogens is 360 g/mol. The smallest absolute Gasteiger partial charge is 0.261 e. The molecule has 0 atom stereocenters. The molecular formula is C20H20N4O2S. The van der Waals surface area contributed by atoms with E-state index in [0.717, 1.165) is 5.56 Å². The van der Waals surface area contributed by atoms with Crippen molar-refractivity contribution >= 4 is 21.8 Å². The highest BCUT2D eigenvalue weighted by Crippen LogP contribution is 2.29. The first-order valence-electron chi connectivity index (χ1n) is 8.10. The summed E-state index contributed by atoms with van der Waals surface area (Å²) >= 11 is 0. The van der Waals surface area contributed by atoms with Crippen LogP contribution in [-0.4, -0.2) is 15.0 Å². The Bertz CT molecular complexity index is 1020. The first kappa shape index (κ1) is 20.0. The number of azide groups is 1. The van der Waals surface area contributed by atoms with E-state index in [1.807, 2.05) is 13.0 Å². The Morgan fingerprint density at radius 2 is 1.89 bits per heavy atom. The summed E-state index contributed by atoms with van der Waals surface area (Å²) in [6.45, 7) is 9.02. The van der Waals surface area contributed by atoms with E-state index in [-0.39, 0.29) is 17.1 Å². The summed E-state index contributed by atoms with van der Waals surface area (Å²) in [6.07, 6.45) is 5.09. The standard InChI is InChI=1S/C20H20N4O2S/c1-4-5-8-18-9-6-7-10-20(18)24(15-17(3)22-23-21)27(25,26)19-13-11-16(2)12-14-19/h4-14H,1,3,15H2,2H3/b8-5+. The number of aryl methyl sites for hydroxylation is 1. The van der Waals surface area contributed by atoms with Crippen molar-refractivity contribution in [2.75, 3.05) is 10.8 Å². The normalized spacial score (nSPS) is 11.0. The number of benzene rings is 2. The van der Waals surface area contributed by atoms with Crippen LogP contribution in [-0.2, 0) is 10.0 Å². The summed E-state index contributed by atoms with van der Waals surface area (Å²) < 4.78 is 27.8. The van der Waals surface area contributed by atoms with Crippen molar-refractivity contribution < 1.29 is 8.42 Å². The monoisotopic (exact) mass is 380 g/mol. The van der Waals surface area contributed by atoms with Crippen molar-refractivity contribution in [1.82, 2.24) is 0 Å². The van der Waals surface area contributed by atoms with Gasteiger partial charge in [-0.25, -0.2) is 8.42 Å². The molecule has 138 valence electrons. The molecule has 0 saturated heterocycles. The van der Waals surface area contributed by atoms with Gasteiger partial charge in [-0.15, -0.1) is 0 Å². The maximum Gasteiger partial charge on any atom is 0.264 e. The number of nitrogens with zero attached hydrogens (tertiary/aromatic N) is 4. The second-order valence-electron chi connectivity index (χ2n) is 5.73. The van der Waals surface area contributed by atoms with E-state index in [1.54, 1.807) is 60.7 Å². The number of hydrogen-bond acceptors (Lipinski definition) is 3. The highest BCUT2D eigenvalue weighted by Gasteiger charge is 2.26. The molecule has 0 radical (unpaired) electrons. The third-order valence-electron chi connectivity index (χ3n) is 3.74. The summed E-state index contributed by atoms with van der Waals surface area (Å²) in [5.74, 6) is 0. The molecule has 27 heavy (non-hydrogen) atoms. The van der Waals surface area contributed by atoms with E-state index >= 15 is 0 Å². The molecule has 0 aliphatic rings. The molecule has 0 unspecified atom stereocenters. The van der Waals surface area contributed by atoms with Gasteiger partial charge < -0.3 is 0 Å². The Morgan fingerprint density at radius 3 is 2.52 bits per heavy atom.